The molecule has 0 saturated carbocycles. The molecule has 0 aliphatic carbocycles. The topological polar surface area (TPSA) is 84.4 Å². The first-order valence-corrected chi connectivity index (χ1v) is 12.1. The second-order valence-electron chi connectivity index (χ2n) is 8.51. The largest absolute Gasteiger partial charge is 0.423 e. The minimum absolute atomic E-state index is 0.288. The fraction of sp³-hybridized carbons (Fsp3) is 0.133. The van der Waals surface area contributed by atoms with Gasteiger partial charge in [-0.25, -0.2) is 14.8 Å². The van der Waals surface area contributed by atoms with Crippen LogP contribution >= 0.6 is 0 Å². The van der Waals surface area contributed by atoms with Gasteiger partial charge in [0.1, 0.15) is 5.75 Å². The van der Waals surface area contributed by atoms with E-state index in [-0.39, 0.29) is 5.91 Å². The molecule has 5 aromatic rings. The van der Waals surface area contributed by atoms with Crippen LogP contribution in [0.2, 0.25) is 0 Å². The van der Waals surface area contributed by atoms with Crippen LogP contribution in [-0.4, -0.2) is 34.9 Å². The van der Waals surface area contributed by atoms with Gasteiger partial charge in [0.25, 0.3) is 5.91 Å². The maximum Gasteiger partial charge on any atom is 0.335 e. The Balaban J connectivity index is 1.55. The first-order chi connectivity index (χ1) is 18.0. The molecule has 1 N–H and O–H groups in total. The third-order valence-electron chi connectivity index (χ3n) is 6.31. The summed E-state index contributed by atoms with van der Waals surface area (Å²) in [6.45, 7) is 9.44. The van der Waals surface area contributed by atoms with Crippen LogP contribution in [0.3, 0.4) is 0 Å². The van der Waals surface area contributed by atoms with Crippen LogP contribution in [0.25, 0.3) is 32.8 Å². The van der Waals surface area contributed by atoms with E-state index in [9.17, 15) is 9.59 Å². The van der Waals surface area contributed by atoms with Crippen molar-refractivity contribution in [2.24, 2.45) is 0 Å². The summed E-state index contributed by atoms with van der Waals surface area (Å²) in [7, 11) is 0. The summed E-state index contributed by atoms with van der Waals surface area (Å²) in [6.07, 6.45) is 1.09. The molecule has 0 aliphatic heterocycles. The Morgan fingerprint density at radius 3 is 2.32 bits per heavy atom. The van der Waals surface area contributed by atoms with Crippen molar-refractivity contribution in [1.29, 1.82) is 0 Å². The number of carbonyl (C=O) groups excluding carboxylic acids is 2. The van der Waals surface area contributed by atoms with Crippen LogP contribution in [0.15, 0.2) is 85.5 Å². The lowest BCUT2D eigenvalue weighted by Crippen LogP contribution is -2.21. The van der Waals surface area contributed by atoms with Gasteiger partial charge >= 0.3 is 5.97 Å². The van der Waals surface area contributed by atoms with Gasteiger partial charge in [0, 0.05) is 41.2 Å². The summed E-state index contributed by atoms with van der Waals surface area (Å²) < 4.78 is 5.09. The van der Waals surface area contributed by atoms with Gasteiger partial charge in [0.15, 0.2) is 0 Å². The zero-order valence-electron chi connectivity index (χ0n) is 20.7. The van der Waals surface area contributed by atoms with Crippen LogP contribution in [0.4, 0.5) is 11.4 Å². The third-order valence-corrected chi connectivity index (χ3v) is 6.31. The van der Waals surface area contributed by atoms with Crippen molar-refractivity contribution in [2.45, 2.75) is 13.8 Å². The van der Waals surface area contributed by atoms with Crippen LogP contribution in [-0.2, 0) is 4.79 Å². The Morgan fingerprint density at radius 1 is 0.892 bits per heavy atom. The molecule has 1 heterocycles. The Hall–Kier alpha value is -4.78. The number of esters is 1. The Bertz CT molecular complexity index is 1660. The van der Waals surface area contributed by atoms with Crippen LogP contribution in [0.1, 0.15) is 24.2 Å². The highest BCUT2D eigenvalue weighted by molar-refractivity contribution is 6.16. The number of carbonyl (C=O) groups is 2. The van der Waals surface area contributed by atoms with Crippen molar-refractivity contribution in [2.75, 3.05) is 23.3 Å². The fourth-order valence-corrected chi connectivity index (χ4v) is 4.41. The molecule has 0 atom stereocenters. The number of fused-ring (bicyclic) bond motifs is 4. The molecule has 0 radical (unpaired) electrons. The van der Waals surface area contributed by atoms with Gasteiger partial charge < -0.3 is 15.0 Å². The first-order valence-electron chi connectivity index (χ1n) is 12.1. The van der Waals surface area contributed by atoms with Gasteiger partial charge in [-0.05, 0) is 62.4 Å². The number of amides is 1. The summed E-state index contributed by atoms with van der Waals surface area (Å²) in [6, 6.07) is 22.2. The maximum absolute atomic E-state index is 13.1. The normalized spacial score (nSPS) is 11.0. The minimum atomic E-state index is -0.558. The van der Waals surface area contributed by atoms with Crippen molar-refractivity contribution in [3.63, 3.8) is 0 Å². The quantitative estimate of drug-likeness (QED) is 0.0972. The summed E-state index contributed by atoms with van der Waals surface area (Å²) in [5.41, 5.74) is 5.27. The zero-order chi connectivity index (χ0) is 25.9. The Kier molecular flexibility index (Phi) is 6.51. The molecular formula is C30H26N4O3. The van der Waals surface area contributed by atoms with E-state index in [4.69, 9.17) is 14.7 Å². The van der Waals surface area contributed by atoms with Crippen molar-refractivity contribution in [1.82, 2.24) is 9.97 Å². The van der Waals surface area contributed by atoms with Crippen molar-refractivity contribution >= 4 is 56.1 Å². The van der Waals surface area contributed by atoms with E-state index in [0.717, 1.165) is 52.2 Å². The van der Waals surface area contributed by atoms with Crippen molar-refractivity contribution in [3.8, 4) is 5.75 Å². The van der Waals surface area contributed by atoms with E-state index in [1.54, 1.807) is 24.3 Å². The van der Waals surface area contributed by atoms with E-state index < -0.39 is 5.97 Å². The van der Waals surface area contributed by atoms with Crippen LogP contribution in [0, 0.1) is 0 Å². The predicted molar refractivity (Wildman–Crippen MR) is 148 cm³/mol. The maximum atomic E-state index is 13.1. The predicted octanol–water partition coefficient (Wildman–Crippen LogP) is 6.13. The number of nitrogens with zero attached hydrogens (tertiary/aromatic N) is 3. The Labute approximate surface area is 214 Å². The molecule has 0 saturated heterocycles. The fourth-order valence-electron chi connectivity index (χ4n) is 4.41. The lowest BCUT2D eigenvalue weighted by molar-refractivity contribution is -0.128. The van der Waals surface area contributed by atoms with Gasteiger partial charge in [0.05, 0.1) is 27.8 Å². The number of hydrogen-bond donors (Lipinski definition) is 1. The number of ether oxygens (including phenoxy) is 1. The molecule has 0 unspecified atom stereocenters. The van der Waals surface area contributed by atoms with Crippen molar-refractivity contribution < 1.29 is 14.3 Å². The van der Waals surface area contributed by atoms with E-state index >= 15 is 0 Å². The molecule has 0 spiro atoms. The molecule has 0 fully saturated rings. The highest BCUT2D eigenvalue weighted by atomic mass is 16.5. The average Bonchev–Trinajstić information content (AvgIpc) is 2.93. The lowest BCUT2D eigenvalue weighted by atomic mass is 10.1. The molecule has 5 rings (SSSR count). The third kappa shape index (κ3) is 4.71. The standard InChI is InChI=1S/C30H26N4O3/c1-4-28(35)37-21-14-11-19(12-15-21)30(36)33-25-18-27-29(23-10-8-7-9-22(23)25)32-24-16-13-20(17-26(24)31-27)34(5-2)6-3/h4,7-18H,1,5-6H2,2-3H3,(H,33,36). The SMILES string of the molecule is C=CC(=O)Oc1ccc(C(=O)Nc2cc3nc4cc(N(CC)CC)ccc4nc3c3ccccc23)cc1. The summed E-state index contributed by atoms with van der Waals surface area (Å²) in [5.74, 6) is -0.509. The number of aromatic nitrogens is 2. The van der Waals surface area contributed by atoms with Crippen LogP contribution in [0.5, 0.6) is 5.75 Å². The van der Waals surface area contributed by atoms with Gasteiger partial charge in [-0.2, -0.15) is 0 Å². The highest BCUT2D eigenvalue weighted by Crippen LogP contribution is 2.32. The molecule has 7 heteroatoms. The molecular weight excluding hydrogens is 464 g/mol. The smallest absolute Gasteiger partial charge is 0.335 e. The lowest BCUT2D eigenvalue weighted by Gasteiger charge is -2.21. The van der Waals surface area contributed by atoms with Gasteiger partial charge in [-0.3, -0.25) is 4.79 Å². The van der Waals surface area contributed by atoms with Crippen LogP contribution < -0.4 is 15.0 Å². The minimum Gasteiger partial charge on any atom is -0.423 e. The molecule has 1 aromatic heterocycles. The molecule has 0 bridgehead atoms. The summed E-state index contributed by atoms with van der Waals surface area (Å²) in [4.78, 5) is 36.6. The highest BCUT2D eigenvalue weighted by Gasteiger charge is 2.14. The number of hydrogen-bond acceptors (Lipinski definition) is 6. The van der Waals surface area contributed by atoms with E-state index in [1.165, 1.54) is 0 Å². The van der Waals surface area contributed by atoms with E-state index in [0.29, 0.717) is 22.5 Å². The van der Waals surface area contributed by atoms with Crippen molar-refractivity contribution in [3.05, 3.63) is 91.0 Å². The average molecular weight is 491 g/mol. The molecule has 184 valence electrons. The van der Waals surface area contributed by atoms with E-state index in [1.807, 2.05) is 36.4 Å². The first kappa shape index (κ1) is 23.9. The molecule has 37 heavy (non-hydrogen) atoms. The van der Waals surface area contributed by atoms with E-state index in [2.05, 4.69) is 42.8 Å². The number of benzene rings is 4. The monoisotopic (exact) mass is 490 g/mol. The number of anilines is 2. The summed E-state index contributed by atoms with van der Waals surface area (Å²) in [5, 5.41) is 4.80. The second kappa shape index (κ2) is 10.1. The second-order valence-corrected chi connectivity index (χ2v) is 8.51. The summed E-state index contributed by atoms with van der Waals surface area (Å²) >= 11 is 0. The van der Waals surface area contributed by atoms with Gasteiger partial charge in [0.2, 0.25) is 0 Å². The molecule has 1 amide bonds. The molecule has 7 nitrogen and oxygen atoms in total. The van der Waals surface area contributed by atoms with Gasteiger partial charge in [-0.1, -0.05) is 30.8 Å². The van der Waals surface area contributed by atoms with Gasteiger partial charge in [-0.15, -0.1) is 0 Å². The number of nitrogens with one attached hydrogen (secondary N) is 1. The Morgan fingerprint density at radius 2 is 1.62 bits per heavy atom. The molecule has 0 aliphatic rings. The molecule has 4 aromatic carbocycles. The number of rotatable bonds is 7. The zero-order valence-corrected chi connectivity index (χ0v) is 20.7.